The standard InChI is InChI=1S/C15H19N3O2/c1-20-13-4-2-3-12-11(9-14(19)17-15(12)13)10-18-7-5-16-6-8-18/h2-4,9,16H,5-8,10H2,1H3,(H,17,19). The molecule has 2 heterocycles. The fourth-order valence-corrected chi connectivity index (χ4v) is 2.73. The highest BCUT2D eigenvalue weighted by Crippen LogP contribution is 2.25. The van der Waals surface area contributed by atoms with E-state index in [-0.39, 0.29) is 5.56 Å². The molecule has 0 atom stereocenters. The molecule has 1 saturated heterocycles. The number of fused-ring (bicyclic) bond motifs is 1. The number of piperazine rings is 1. The van der Waals surface area contributed by atoms with Crippen LogP contribution in [0.1, 0.15) is 5.56 Å². The number of aromatic amines is 1. The van der Waals surface area contributed by atoms with E-state index in [2.05, 4.69) is 15.2 Å². The molecule has 2 aromatic rings. The molecule has 0 radical (unpaired) electrons. The van der Waals surface area contributed by atoms with Gasteiger partial charge in [0, 0.05) is 44.2 Å². The van der Waals surface area contributed by atoms with E-state index in [9.17, 15) is 4.79 Å². The van der Waals surface area contributed by atoms with Crippen molar-refractivity contribution in [1.82, 2.24) is 15.2 Å². The van der Waals surface area contributed by atoms with Crippen LogP contribution in [0, 0.1) is 0 Å². The van der Waals surface area contributed by atoms with Gasteiger partial charge < -0.3 is 15.0 Å². The van der Waals surface area contributed by atoms with Crippen LogP contribution in [0.5, 0.6) is 5.75 Å². The molecular formula is C15H19N3O2. The lowest BCUT2D eigenvalue weighted by Crippen LogP contribution is -2.43. The fourth-order valence-electron chi connectivity index (χ4n) is 2.73. The van der Waals surface area contributed by atoms with Gasteiger partial charge in [0.1, 0.15) is 5.75 Å². The van der Waals surface area contributed by atoms with Gasteiger partial charge in [-0.1, -0.05) is 12.1 Å². The number of methoxy groups -OCH3 is 1. The van der Waals surface area contributed by atoms with Crippen molar-refractivity contribution in [3.63, 3.8) is 0 Å². The Morgan fingerprint density at radius 2 is 2.10 bits per heavy atom. The molecule has 1 aliphatic rings. The van der Waals surface area contributed by atoms with Crippen molar-refractivity contribution in [2.75, 3.05) is 33.3 Å². The first kappa shape index (κ1) is 13.1. The molecular weight excluding hydrogens is 254 g/mol. The van der Waals surface area contributed by atoms with Crippen LogP contribution in [0.25, 0.3) is 10.9 Å². The van der Waals surface area contributed by atoms with Crippen molar-refractivity contribution >= 4 is 10.9 Å². The summed E-state index contributed by atoms with van der Waals surface area (Å²) >= 11 is 0. The summed E-state index contributed by atoms with van der Waals surface area (Å²) in [4.78, 5) is 17.1. The number of rotatable bonds is 3. The Bertz CT molecular complexity index is 660. The zero-order valence-electron chi connectivity index (χ0n) is 11.6. The number of nitrogens with zero attached hydrogens (tertiary/aromatic N) is 1. The number of H-pyrrole nitrogens is 1. The first-order chi connectivity index (χ1) is 9.78. The highest BCUT2D eigenvalue weighted by molar-refractivity contribution is 5.87. The summed E-state index contributed by atoms with van der Waals surface area (Å²) in [5.41, 5.74) is 1.77. The largest absolute Gasteiger partial charge is 0.495 e. The first-order valence-electron chi connectivity index (χ1n) is 6.90. The maximum absolute atomic E-state index is 11.9. The molecule has 0 saturated carbocycles. The summed E-state index contributed by atoms with van der Waals surface area (Å²) in [5, 5.41) is 4.40. The maximum atomic E-state index is 11.9. The molecule has 5 nitrogen and oxygen atoms in total. The number of aromatic nitrogens is 1. The van der Waals surface area contributed by atoms with Crippen molar-refractivity contribution < 1.29 is 4.74 Å². The summed E-state index contributed by atoms with van der Waals surface area (Å²) in [5.74, 6) is 0.710. The summed E-state index contributed by atoms with van der Waals surface area (Å²) in [7, 11) is 1.62. The van der Waals surface area contributed by atoms with E-state index < -0.39 is 0 Å². The van der Waals surface area contributed by atoms with E-state index in [1.807, 2.05) is 18.2 Å². The summed E-state index contributed by atoms with van der Waals surface area (Å²) in [6, 6.07) is 7.56. The topological polar surface area (TPSA) is 57.4 Å². The van der Waals surface area contributed by atoms with Crippen LogP contribution in [0.4, 0.5) is 0 Å². The fraction of sp³-hybridized carbons (Fsp3) is 0.400. The van der Waals surface area contributed by atoms with Crippen LogP contribution in [0.2, 0.25) is 0 Å². The van der Waals surface area contributed by atoms with Crippen molar-refractivity contribution in [3.05, 3.63) is 40.2 Å². The smallest absolute Gasteiger partial charge is 0.248 e. The minimum absolute atomic E-state index is 0.0767. The van der Waals surface area contributed by atoms with Crippen LogP contribution in [-0.4, -0.2) is 43.2 Å². The van der Waals surface area contributed by atoms with Gasteiger partial charge in [-0.15, -0.1) is 0 Å². The molecule has 3 rings (SSSR count). The van der Waals surface area contributed by atoms with E-state index in [0.717, 1.165) is 49.2 Å². The molecule has 1 aromatic heterocycles. The molecule has 0 unspecified atom stereocenters. The number of benzene rings is 1. The number of hydrogen-bond acceptors (Lipinski definition) is 4. The van der Waals surface area contributed by atoms with Gasteiger partial charge >= 0.3 is 0 Å². The van der Waals surface area contributed by atoms with Gasteiger partial charge in [-0.2, -0.15) is 0 Å². The van der Waals surface area contributed by atoms with Gasteiger partial charge in [0.25, 0.3) is 0 Å². The maximum Gasteiger partial charge on any atom is 0.248 e. The zero-order valence-corrected chi connectivity index (χ0v) is 11.6. The second-order valence-electron chi connectivity index (χ2n) is 5.07. The Hall–Kier alpha value is -1.85. The van der Waals surface area contributed by atoms with Gasteiger partial charge in [0.15, 0.2) is 0 Å². The third kappa shape index (κ3) is 2.55. The van der Waals surface area contributed by atoms with Crippen molar-refractivity contribution in [2.24, 2.45) is 0 Å². The molecule has 20 heavy (non-hydrogen) atoms. The molecule has 0 bridgehead atoms. The highest BCUT2D eigenvalue weighted by Gasteiger charge is 2.13. The minimum Gasteiger partial charge on any atom is -0.495 e. The Morgan fingerprint density at radius 3 is 2.85 bits per heavy atom. The molecule has 2 N–H and O–H groups in total. The number of pyridine rings is 1. The lowest BCUT2D eigenvalue weighted by atomic mass is 10.1. The molecule has 1 fully saturated rings. The van der Waals surface area contributed by atoms with Gasteiger partial charge in [0.2, 0.25) is 5.56 Å². The lowest BCUT2D eigenvalue weighted by Gasteiger charge is -2.27. The minimum atomic E-state index is -0.0767. The van der Waals surface area contributed by atoms with Crippen LogP contribution in [0.3, 0.4) is 0 Å². The Morgan fingerprint density at radius 1 is 1.30 bits per heavy atom. The lowest BCUT2D eigenvalue weighted by molar-refractivity contribution is 0.234. The highest BCUT2D eigenvalue weighted by atomic mass is 16.5. The van der Waals surface area contributed by atoms with E-state index >= 15 is 0 Å². The normalized spacial score (nSPS) is 16.4. The second-order valence-corrected chi connectivity index (χ2v) is 5.07. The predicted molar refractivity (Wildman–Crippen MR) is 79.3 cm³/mol. The number of ether oxygens (including phenoxy) is 1. The molecule has 5 heteroatoms. The Labute approximate surface area is 117 Å². The van der Waals surface area contributed by atoms with Crippen LogP contribution in [0.15, 0.2) is 29.1 Å². The van der Waals surface area contributed by atoms with Crippen molar-refractivity contribution in [3.8, 4) is 5.75 Å². The molecule has 1 aromatic carbocycles. The van der Waals surface area contributed by atoms with Gasteiger partial charge in [-0.05, 0) is 11.6 Å². The van der Waals surface area contributed by atoms with Gasteiger partial charge in [0.05, 0.1) is 12.6 Å². The van der Waals surface area contributed by atoms with E-state index in [1.165, 1.54) is 0 Å². The average Bonchev–Trinajstić information content (AvgIpc) is 2.47. The summed E-state index contributed by atoms with van der Waals surface area (Å²) in [6.07, 6.45) is 0. The quantitative estimate of drug-likeness (QED) is 0.874. The first-order valence-corrected chi connectivity index (χ1v) is 6.90. The predicted octanol–water partition coefficient (Wildman–Crippen LogP) is 0.942. The Kier molecular flexibility index (Phi) is 3.71. The van der Waals surface area contributed by atoms with E-state index in [4.69, 9.17) is 4.74 Å². The van der Waals surface area contributed by atoms with Crippen molar-refractivity contribution in [1.29, 1.82) is 0 Å². The number of para-hydroxylation sites is 1. The zero-order chi connectivity index (χ0) is 13.9. The van der Waals surface area contributed by atoms with E-state index in [1.54, 1.807) is 13.2 Å². The molecule has 0 amide bonds. The second kappa shape index (κ2) is 5.64. The van der Waals surface area contributed by atoms with Crippen molar-refractivity contribution in [2.45, 2.75) is 6.54 Å². The summed E-state index contributed by atoms with van der Waals surface area (Å²) in [6.45, 7) is 4.83. The van der Waals surface area contributed by atoms with Crippen LogP contribution in [-0.2, 0) is 6.54 Å². The number of nitrogens with one attached hydrogen (secondary N) is 2. The monoisotopic (exact) mass is 273 g/mol. The molecule has 0 aliphatic carbocycles. The third-order valence-electron chi connectivity index (χ3n) is 3.75. The number of hydrogen-bond donors (Lipinski definition) is 2. The van der Waals surface area contributed by atoms with Gasteiger partial charge in [-0.3, -0.25) is 9.69 Å². The Balaban J connectivity index is 2.03. The molecule has 106 valence electrons. The molecule has 1 aliphatic heterocycles. The van der Waals surface area contributed by atoms with E-state index in [0.29, 0.717) is 5.75 Å². The average molecular weight is 273 g/mol. The third-order valence-corrected chi connectivity index (χ3v) is 3.75. The van der Waals surface area contributed by atoms with Crippen LogP contribution >= 0.6 is 0 Å². The molecule has 0 spiro atoms. The summed E-state index contributed by atoms with van der Waals surface area (Å²) < 4.78 is 5.33. The SMILES string of the molecule is COc1cccc2c(CN3CCNCC3)cc(=O)[nH]c12. The van der Waals surface area contributed by atoms with Crippen LogP contribution < -0.4 is 15.6 Å². The van der Waals surface area contributed by atoms with Gasteiger partial charge in [-0.25, -0.2) is 0 Å².